The van der Waals surface area contributed by atoms with Crippen LogP contribution in [0, 0.1) is 0 Å². The zero-order chi connectivity index (χ0) is 20.1. The number of ether oxygens (including phenoxy) is 3. The van der Waals surface area contributed by atoms with Crippen molar-refractivity contribution in [2.75, 3.05) is 26.6 Å². The van der Waals surface area contributed by atoms with Crippen molar-refractivity contribution < 1.29 is 19.0 Å². The maximum atomic E-state index is 12.7. The molecule has 0 aliphatic carbocycles. The molecular formula is C21H22N2O4S. The van der Waals surface area contributed by atoms with E-state index in [1.807, 2.05) is 17.5 Å². The molecule has 3 rings (SSSR count). The summed E-state index contributed by atoms with van der Waals surface area (Å²) in [6.45, 7) is 2.12. The van der Waals surface area contributed by atoms with E-state index in [9.17, 15) is 4.79 Å². The summed E-state index contributed by atoms with van der Waals surface area (Å²) in [4.78, 5) is 17.2. The van der Waals surface area contributed by atoms with Gasteiger partial charge in [0.25, 0.3) is 5.91 Å². The average Bonchev–Trinajstić information content (AvgIpc) is 3.20. The Kier molecular flexibility index (Phi) is 6.16. The number of nitrogens with zero attached hydrogens (tertiary/aromatic N) is 1. The molecule has 1 N–H and O–H groups in total. The topological polar surface area (TPSA) is 69.7 Å². The predicted molar refractivity (Wildman–Crippen MR) is 111 cm³/mol. The van der Waals surface area contributed by atoms with Gasteiger partial charge in [0.1, 0.15) is 0 Å². The molecule has 0 saturated carbocycles. The molecular weight excluding hydrogens is 376 g/mol. The van der Waals surface area contributed by atoms with Gasteiger partial charge in [0.2, 0.25) is 5.75 Å². The highest BCUT2D eigenvalue weighted by atomic mass is 32.1. The highest BCUT2D eigenvalue weighted by Gasteiger charge is 2.18. The van der Waals surface area contributed by atoms with E-state index >= 15 is 0 Å². The second-order valence-corrected chi connectivity index (χ2v) is 6.81. The Bertz CT molecular complexity index is 942. The monoisotopic (exact) mass is 398 g/mol. The van der Waals surface area contributed by atoms with Crippen LogP contribution in [0.2, 0.25) is 0 Å². The maximum absolute atomic E-state index is 12.7. The number of hydrogen-bond acceptors (Lipinski definition) is 6. The van der Waals surface area contributed by atoms with E-state index in [1.54, 1.807) is 12.1 Å². The van der Waals surface area contributed by atoms with Gasteiger partial charge < -0.3 is 14.2 Å². The number of nitrogens with one attached hydrogen (secondary N) is 1. The van der Waals surface area contributed by atoms with Gasteiger partial charge in [-0.15, -0.1) is 11.3 Å². The van der Waals surface area contributed by atoms with Crippen LogP contribution < -0.4 is 19.5 Å². The highest BCUT2D eigenvalue weighted by molar-refractivity contribution is 7.14. The van der Waals surface area contributed by atoms with E-state index in [2.05, 4.69) is 29.4 Å². The molecule has 0 spiro atoms. The molecule has 0 saturated heterocycles. The van der Waals surface area contributed by atoms with Crippen LogP contribution in [-0.2, 0) is 6.42 Å². The number of amides is 1. The van der Waals surface area contributed by atoms with Crippen LogP contribution in [0.15, 0.2) is 41.8 Å². The van der Waals surface area contributed by atoms with E-state index in [1.165, 1.54) is 38.2 Å². The summed E-state index contributed by atoms with van der Waals surface area (Å²) in [7, 11) is 4.54. The predicted octanol–water partition coefficient (Wildman–Crippen LogP) is 4.65. The van der Waals surface area contributed by atoms with E-state index < -0.39 is 0 Å². The second kappa shape index (κ2) is 8.75. The smallest absolute Gasteiger partial charge is 0.257 e. The minimum absolute atomic E-state index is 0.304. The SMILES string of the molecule is CCc1ccc(-c2csc(NC(=O)c3cc(OC)c(OC)c(OC)c3)n2)cc1. The fourth-order valence-electron chi connectivity index (χ4n) is 2.76. The van der Waals surface area contributed by atoms with Gasteiger partial charge >= 0.3 is 0 Å². The average molecular weight is 398 g/mol. The fourth-order valence-corrected chi connectivity index (χ4v) is 3.47. The normalized spacial score (nSPS) is 10.4. The number of carbonyl (C=O) groups excluding carboxylic acids is 1. The molecule has 2 aromatic carbocycles. The Labute approximate surface area is 168 Å². The summed E-state index contributed by atoms with van der Waals surface area (Å²) in [5.74, 6) is 0.973. The Morgan fingerprint density at radius 2 is 1.68 bits per heavy atom. The van der Waals surface area contributed by atoms with Crippen LogP contribution in [-0.4, -0.2) is 32.2 Å². The lowest BCUT2D eigenvalue weighted by atomic mass is 10.1. The summed E-state index contributed by atoms with van der Waals surface area (Å²) in [5, 5.41) is 5.27. The molecule has 1 heterocycles. The van der Waals surface area contributed by atoms with Crippen molar-refractivity contribution in [3.05, 3.63) is 52.9 Å². The zero-order valence-electron chi connectivity index (χ0n) is 16.2. The Balaban J connectivity index is 1.81. The molecule has 0 radical (unpaired) electrons. The van der Waals surface area contributed by atoms with Gasteiger partial charge in [0.15, 0.2) is 16.6 Å². The molecule has 6 nitrogen and oxygen atoms in total. The zero-order valence-corrected chi connectivity index (χ0v) is 17.1. The third-order valence-corrected chi connectivity index (χ3v) is 5.07. The molecule has 1 aromatic heterocycles. The van der Waals surface area contributed by atoms with Crippen LogP contribution in [0.3, 0.4) is 0 Å². The van der Waals surface area contributed by atoms with Crippen LogP contribution >= 0.6 is 11.3 Å². The largest absolute Gasteiger partial charge is 0.493 e. The lowest BCUT2D eigenvalue weighted by Crippen LogP contribution is -2.12. The van der Waals surface area contributed by atoms with Gasteiger partial charge in [0, 0.05) is 16.5 Å². The number of rotatable bonds is 7. The van der Waals surface area contributed by atoms with Crippen molar-refractivity contribution >= 4 is 22.4 Å². The molecule has 3 aromatic rings. The number of thiazole rings is 1. The van der Waals surface area contributed by atoms with Gasteiger partial charge in [-0.25, -0.2) is 4.98 Å². The lowest BCUT2D eigenvalue weighted by Gasteiger charge is -2.13. The number of benzene rings is 2. The minimum atomic E-state index is -0.304. The third kappa shape index (κ3) is 4.09. The maximum Gasteiger partial charge on any atom is 0.257 e. The number of carbonyl (C=O) groups is 1. The van der Waals surface area contributed by atoms with Crippen molar-refractivity contribution in [1.29, 1.82) is 0 Å². The number of methoxy groups -OCH3 is 3. The van der Waals surface area contributed by atoms with E-state index in [0.29, 0.717) is 27.9 Å². The van der Waals surface area contributed by atoms with Crippen molar-refractivity contribution in [3.8, 4) is 28.5 Å². The van der Waals surface area contributed by atoms with E-state index in [4.69, 9.17) is 14.2 Å². The van der Waals surface area contributed by atoms with Gasteiger partial charge in [-0.2, -0.15) is 0 Å². The van der Waals surface area contributed by atoms with Crippen LogP contribution in [0.5, 0.6) is 17.2 Å². The summed E-state index contributed by atoms with van der Waals surface area (Å²) in [6, 6.07) is 11.5. The number of aromatic nitrogens is 1. The first-order chi connectivity index (χ1) is 13.6. The molecule has 7 heteroatoms. The minimum Gasteiger partial charge on any atom is -0.493 e. The molecule has 28 heavy (non-hydrogen) atoms. The van der Waals surface area contributed by atoms with Crippen molar-refractivity contribution in [3.63, 3.8) is 0 Å². The fraction of sp³-hybridized carbons (Fsp3) is 0.238. The Hall–Kier alpha value is -3.06. The molecule has 0 bridgehead atoms. The second-order valence-electron chi connectivity index (χ2n) is 5.96. The lowest BCUT2D eigenvalue weighted by molar-refractivity contribution is 0.102. The summed E-state index contributed by atoms with van der Waals surface area (Å²) >= 11 is 1.37. The van der Waals surface area contributed by atoms with Crippen LogP contribution in [0.4, 0.5) is 5.13 Å². The van der Waals surface area contributed by atoms with Gasteiger partial charge in [-0.05, 0) is 24.1 Å². The quantitative estimate of drug-likeness (QED) is 0.627. The molecule has 0 aliphatic rings. The molecule has 0 aliphatic heterocycles. The van der Waals surface area contributed by atoms with Crippen LogP contribution in [0.1, 0.15) is 22.8 Å². The first-order valence-corrected chi connectivity index (χ1v) is 9.63. The van der Waals surface area contributed by atoms with Gasteiger partial charge in [-0.1, -0.05) is 31.2 Å². The molecule has 0 atom stereocenters. The van der Waals surface area contributed by atoms with Crippen molar-refractivity contribution in [2.24, 2.45) is 0 Å². The van der Waals surface area contributed by atoms with Gasteiger partial charge in [0.05, 0.1) is 27.0 Å². The number of anilines is 1. The van der Waals surface area contributed by atoms with E-state index in [0.717, 1.165) is 17.7 Å². The molecule has 0 fully saturated rings. The van der Waals surface area contributed by atoms with E-state index in [-0.39, 0.29) is 5.91 Å². The molecule has 146 valence electrons. The van der Waals surface area contributed by atoms with Crippen molar-refractivity contribution in [2.45, 2.75) is 13.3 Å². The van der Waals surface area contributed by atoms with Gasteiger partial charge in [-0.3, -0.25) is 10.1 Å². The summed E-state index contributed by atoms with van der Waals surface area (Å²) in [5.41, 5.74) is 3.50. The molecule has 1 amide bonds. The first kappa shape index (κ1) is 19.7. The Morgan fingerprint density at radius 1 is 1.04 bits per heavy atom. The Morgan fingerprint density at radius 3 is 2.21 bits per heavy atom. The first-order valence-electron chi connectivity index (χ1n) is 8.75. The molecule has 0 unspecified atom stereocenters. The summed E-state index contributed by atoms with van der Waals surface area (Å²) in [6.07, 6.45) is 0.993. The standard InChI is InChI=1S/C21H22N2O4S/c1-5-13-6-8-14(9-7-13)16-12-28-21(22-16)23-20(24)15-10-17(25-2)19(27-4)18(11-15)26-3/h6-12H,5H2,1-4H3,(H,22,23,24). The number of hydrogen-bond donors (Lipinski definition) is 1. The van der Waals surface area contributed by atoms with Crippen molar-refractivity contribution in [1.82, 2.24) is 4.98 Å². The highest BCUT2D eigenvalue weighted by Crippen LogP contribution is 2.38. The third-order valence-electron chi connectivity index (χ3n) is 4.31. The summed E-state index contributed by atoms with van der Waals surface area (Å²) < 4.78 is 15.9. The van der Waals surface area contributed by atoms with Crippen LogP contribution in [0.25, 0.3) is 11.3 Å². The number of aryl methyl sites for hydroxylation is 1.